The summed E-state index contributed by atoms with van der Waals surface area (Å²) in [5.41, 5.74) is 2.24. The van der Waals surface area contributed by atoms with Gasteiger partial charge in [-0.3, -0.25) is 9.36 Å². The highest BCUT2D eigenvalue weighted by molar-refractivity contribution is 7.15. The van der Waals surface area contributed by atoms with Crippen molar-refractivity contribution in [3.05, 3.63) is 39.0 Å². The zero-order valence-electron chi connectivity index (χ0n) is 14.4. The Morgan fingerprint density at radius 3 is 2.54 bits per heavy atom. The van der Waals surface area contributed by atoms with Crippen molar-refractivity contribution in [3.63, 3.8) is 0 Å². The molecule has 2 aromatic heterocycles. The maximum absolute atomic E-state index is 12.3. The molecule has 1 saturated carbocycles. The highest BCUT2D eigenvalue weighted by Crippen LogP contribution is 2.38. The van der Waals surface area contributed by atoms with Crippen molar-refractivity contribution in [1.82, 2.24) is 14.5 Å². The van der Waals surface area contributed by atoms with Gasteiger partial charge in [-0.1, -0.05) is 0 Å². The van der Waals surface area contributed by atoms with Gasteiger partial charge in [-0.2, -0.15) is 0 Å². The van der Waals surface area contributed by atoms with Crippen LogP contribution in [-0.4, -0.2) is 27.6 Å². The van der Waals surface area contributed by atoms with Crippen LogP contribution in [0, 0.1) is 19.8 Å². The summed E-state index contributed by atoms with van der Waals surface area (Å²) >= 11 is 1.79. The van der Waals surface area contributed by atoms with Crippen LogP contribution in [0.4, 0.5) is 5.13 Å². The molecular weight excluding hydrogens is 320 g/mol. The van der Waals surface area contributed by atoms with Crippen LogP contribution < -0.4 is 10.5 Å². The highest BCUT2D eigenvalue weighted by Gasteiger charge is 2.26. The van der Waals surface area contributed by atoms with Crippen molar-refractivity contribution < 1.29 is 0 Å². The molecule has 1 aliphatic carbocycles. The monoisotopic (exact) mass is 344 g/mol. The summed E-state index contributed by atoms with van der Waals surface area (Å²) in [5.74, 6) is 1.09. The molecule has 0 N–H and O–H groups in total. The van der Waals surface area contributed by atoms with Crippen molar-refractivity contribution >= 4 is 16.5 Å². The van der Waals surface area contributed by atoms with Crippen LogP contribution >= 0.6 is 11.3 Å². The Morgan fingerprint density at radius 1 is 1.21 bits per heavy atom. The Morgan fingerprint density at radius 2 is 1.96 bits per heavy atom. The van der Waals surface area contributed by atoms with E-state index in [-0.39, 0.29) is 5.56 Å². The van der Waals surface area contributed by atoms with Gasteiger partial charge in [-0.25, -0.2) is 9.97 Å². The third kappa shape index (κ3) is 3.24. The number of thiazole rings is 1. The molecule has 0 radical (unpaired) electrons. The first-order valence-electron chi connectivity index (χ1n) is 8.85. The van der Waals surface area contributed by atoms with Gasteiger partial charge in [0.15, 0.2) is 5.13 Å². The Kier molecular flexibility index (Phi) is 4.16. The molecule has 0 unspecified atom stereocenters. The third-order valence-corrected chi connectivity index (χ3v) is 6.39. The maximum atomic E-state index is 12.3. The molecule has 0 aromatic carbocycles. The molecule has 3 heterocycles. The molecule has 2 aromatic rings. The molecule has 0 amide bonds. The Labute approximate surface area is 146 Å². The predicted octanol–water partition coefficient (Wildman–Crippen LogP) is 3.11. The maximum Gasteiger partial charge on any atom is 0.253 e. The second-order valence-corrected chi connectivity index (χ2v) is 8.33. The molecule has 0 atom stereocenters. The lowest BCUT2D eigenvalue weighted by molar-refractivity contribution is 0.350. The first-order chi connectivity index (χ1) is 11.6. The van der Waals surface area contributed by atoms with Crippen LogP contribution in [-0.2, 0) is 6.54 Å². The summed E-state index contributed by atoms with van der Waals surface area (Å²) in [6.07, 6.45) is 6.34. The van der Waals surface area contributed by atoms with Gasteiger partial charge < -0.3 is 4.90 Å². The second kappa shape index (κ2) is 6.31. The number of piperidine rings is 1. The summed E-state index contributed by atoms with van der Waals surface area (Å²) in [7, 11) is 0. The Hall–Kier alpha value is -1.69. The third-order valence-electron chi connectivity index (χ3n) is 5.25. The van der Waals surface area contributed by atoms with Gasteiger partial charge in [0.1, 0.15) is 0 Å². The minimum absolute atomic E-state index is 0.112. The minimum Gasteiger partial charge on any atom is -0.348 e. The summed E-state index contributed by atoms with van der Waals surface area (Å²) < 4.78 is 1.80. The summed E-state index contributed by atoms with van der Waals surface area (Å²) in [6.45, 7) is 7.06. The van der Waals surface area contributed by atoms with Crippen LogP contribution in [0.15, 0.2) is 17.2 Å². The molecule has 0 bridgehead atoms. The van der Waals surface area contributed by atoms with Gasteiger partial charge in [0.25, 0.3) is 5.56 Å². The fourth-order valence-electron chi connectivity index (χ4n) is 3.36. The smallest absolute Gasteiger partial charge is 0.253 e. The highest BCUT2D eigenvalue weighted by atomic mass is 32.1. The average molecular weight is 344 g/mol. The van der Waals surface area contributed by atoms with Crippen molar-refractivity contribution in [2.45, 2.75) is 52.0 Å². The first kappa shape index (κ1) is 15.8. The molecule has 2 fully saturated rings. The molecule has 128 valence electrons. The quantitative estimate of drug-likeness (QED) is 0.855. The minimum atomic E-state index is 0.112. The SMILES string of the molecule is Cc1nc(N2CCC(Cn3cnc(C4CC4)cc3=O)CC2)sc1C. The number of rotatable bonds is 4. The van der Waals surface area contributed by atoms with E-state index in [1.165, 1.54) is 17.7 Å². The molecule has 0 spiro atoms. The van der Waals surface area contributed by atoms with Gasteiger partial charge in [-0.05, 0) is 45.4 Å². The molecule has 4 rings (SSSR count). The fourth-order valence-corrected chi connectivity index (χ4v) is 4.32. The molecule has 24 heavy (non-hydrogen) atoms. The number of aryl methyl sites for hydroxylation is 2. The number of hydrogen-bond acceptors (Lipinski definition) is 5. The number of nitrogens with zero attached hydrogens (tertiary/aromatic N) is 4. The van der Waals surface area contributed by atoms with Crippen LogP contribution in [0.2, 0.25) is 0 Å². The number of anilines is 1. The van der Waals surface area contributed by atoms with E-state index in [0.29, 0.717) is 11.8 Å². The van der Waals surface area contributed by atoms with Gasteiger partial charge in [0.2, 0.25) is 0 Å². The topological polar surface area (TPSA) is 51.0 Å². The van der Waals surface area contributed by atoms with Crippen molar-refractivity contribution in [2.24, 2.45) is 5.92 Å². The van der Waals surface area contributed by atoms with E-state index in [2.05, 4.69) is 28.7 Å². The van der Waals surface area contributed by atoms with Crippen LogP contribution in [0.5, 0.6) is 0 Å². The van der Waals surface area contributed by atoms with Crippen molar-refractivity contribution in [2.75, 3.05) is 18.0 Å². The molecular formula is C18H24N4OS. The largest absolute Gasteiger partial charge is 0.348 e. The summed E-state index contributed by atoms with van der Waals surface area (Å²) in [6, 6.07) is 1.74. The average Bonchev–Trinajstić information content (AvgIpc) is 3.36. The normalized spacial score (nSPS) is 19.0. The summed E-state index contributed by atoms with van der Waals surface area (Å²) in [4.78, 5) is 25.1. The van der Waals surface area contributed by atoms with Crippen LogP contribution in [0.1, 0.15) is 47.9 Å². The predicted molar refractivity (Wildman–Crippen MR) is 97.0 cm³/mol. The van der Waals surface area contributed by atoms with E-state index in [1.807, 2.05) is 0 Å². The lowest BCUT2D eigenvalue weighted by atomic mass is 9.97. The van der Waals surface area contributed by atoms with E-state index in [0.717, 1.165) is 49.0 Å². The Bertz CT molecular complexity index is 765. The van der Waals surface area contributed by atoms with E-state index in [1.54, 1.807) is 28.3 Å². The molecule has 1 saturated heterocycles. The van der Waals surface area contributed by atoms with Gasteiger partial charge in [0.05, 0.1) is 17.7 Å². The molecule has 6 heteroatoms. The van der Waals surface area contributed by atoms with E-state index in [4.69, 9.17) is 0 Å². The lowest BCUT2D eigenvalue weighted by Crippen LogP contribution is -2.36. The zero-order chi connectivity index (χ0) is 16.7. The van der Waals surface area contributed by atoms with Crippen LogP contribution in [0.25, 0.3) is 0 Å². The zero-order valence-corrected chi connectivity index (χ0v) is 15.2. The van der Waals surface area contributed by atoms with Gasteiger partial charge in [-0.15, -0.1) is 11.3 Å². The van der Waals surface area contributed by atoms with Gasteiger partial charge in [0, 0.05) is 36.5 Å². The van der Waals surface area contributed by atoms with Crippen LogP contribution in [0.3, 0.4) is 0 Å². The first-order valence-corrected chi connectivity index (χ1v) is 9.67. The van der Waals surface area contributed by atoms with E-state index in [9.17, 15) is 4.79 Å². The van der Waals surface area contributed by atoms with Crippen molar-refractivity contribution in [1.29, 1.82) is 0 Å². The Balaban J connectivity index is 1.37. The molecule has 2 aliphatic rings. The van der Waals surface area contributed by atoms with E-state index < -0.39 is 0 Å². The number of aromatic nitrogens is 3. The molecule has 1 aliphatic heterocycles. The summed E-state index contributed by atoms with van der Waals surface area (Å²) in [5, 5.41) is 1.15. The van der Waals surface area contributed by atoms with Crippen molar-refractivity contribution in [3.8, 4) is 0 Å². The lowest BCUT2D eigenvalue weighted by Gasteiger charge is -2.31. The van der Waals surface area contributed by atoms with Gasteiger partial charge >= 0.3 is 0 Å². The molecule has 5 nitrogen and oxygen atoms in total. The number of hydrogen-bond donors (Lipinski definition) is 0. The van der Waals surface area contributed by atoms with E-state index >= 15 is 0 Å². The standard InChI is InChI=1S/C18H24N4OS/c1-12-13(2)24-18(20-12)21-7-5-14(6-8-21)10-22-11-19-16(9-17(22)23)15-3-4-15/h9,11,14-15H,3-8,10H2,1-2H3. The second-order valence-electron chi connectivity index (χ2n) is 7.15. The fraction of sp³-hybridized carbons (Fsp3) is 0.611.